The van der Waals surface area contributed by atoms with Gasteiger partial charge in [0, 0.05) is 18.5 Å². The maximum absolute atomic E-state index is 13.0. The van der Waals surface area contributed by atoms with E-state index in [2.05, 4.69) is 15.5 Å². The van der Waals surface area contributed by atoms with E-state index in [-0.39, 0.29) is 42.0 Å². The Morgan fingerprint density at radius 3 is 2.62 bits per heavy atom. The predicted molar refractivity (Wildman–Crippen MR) is 111 cm³/mol. The van der Waals surface area contributed by atoms with Gasteiger partial charge in [-0.05, 0) is 49.4 Å². The molecule has 0 saturated heterocycles. The molecule has 0 aliphatic carbocycles. The average Bonchev–Trinajstić information content (AvgIpc) is 3.19. The first kappa shape index (κ1) is 23.1. The Morgan fingerprint density at radius 1 is 1.16 bits per heavy atom. The van der Waals surface area contributed by atoms with Crippen LogP contribution < -0.4 is 5.32 Å². The van der Waals surface area contributed by atoms with Gasteiger partial charge in [0.2, 0.25) is 11.8 Å². The van der Waals surface area contributed by atoms with Crippen LogP contribution in [0.2, 0.25) is 0 Å². The number of ether oxygens (including phenoxy) is 1. The van der Waals surface area contributed by atoms with Gasteiger partial charge in [-0.1, -0.05) is 11.2 Å². The van der Waals surface area contributed by atoms with Gasteiger partial charge in [-0.15, -0.1) is 0 Å². The standard InChI is InChI=1S/C21H20FN3O6S/c1-2-30-21(27)14-4-3-5-16(12-14)23-19(26)10-11-20-24-18(25-31-20)13-32(28,29)17-8-6-15(22)7-9-17/h3-9,12H,2,10-11,13H2,1H3,(H,23,26). The molecule has 0 aliphatic rings. The van der Waals surface area contributed by atoms with E-state index in [9.17, 15) is 22.4 Å². The fourth-order valence-corrected chi connectivity index (χ4v) is 3.90. The van der Waals surface area contributed by atoms with Crippen LogP contribution in [0, 0.1) is 5.82 Å². The maximum atomic E-state index is 13.0. The van der Waals surface area contributed by atoms with Crippen LogP contribution in [0.15, 0.2) is 57.9 Å². The first-order valence-corrected chi connectivity index (χ1v) is 11.3. The molecule has 0 bridgehead atoms. The molecule has 168 valence electrons. The number of nitrogens with one attached hydrogen (secondary N) is 1. The lowest BCUT2D eigenvalue weighted by molar-refractivity contribution is -0.116. The summed E-state index contributed by atoms with van der Waals surface area (Å²) in [6, 6.07) is 10.7. The number of nitrogens with zero attached hydrogens (tertiary/aromatic N) is 2. The molecule has 0 fully saturated rings. The summed E-state index contributed by atoms with van der Waals surface area (Å²) in [5.41, 5.74) is 0.741. The van der Waals surface area contributed by atoms with E-state index < -0.39 is 27.4 Å². The average molecular weight is 461 g/mol. The van der Waals surface area contributed by atoms with Gasteiger partial charge in [-0.3, -0.25) is 4.79 Å². The third kappa shape index (κ3) is 6.20. The Morgan fingerprint density at radius 2 is 1.91 bits per heavy atom. The summed E-state index contributed by atoms with van der Waals surface area (Å²) >= 11 is 0. The van der Waals surface area contributed by atoms with Crippen molar-refractivity contribution in [3.05, 3.63) is 71.6 Å². The van der Waals surface area contributed by atoms with Gasteiger partial charge in [-0.25, -0.2) is 17.6 Å². The number of halogens is 1. The molecule has 3 aromatic rings. The summed E-state index contributed by atoms with van der Waals surface area (Å²) in [5.74, 6) is -1.87. The van der Waals surface area contributed by atoms with Crippen molar-refractivity contribution < 1.29 is 31.7 Å². The summed E-state index contributed by atoms with van der Waals surface area (Å²) in [6.07, 6.45) is 0.0863. The van der Waals surface area contributed by atoms with Gasteiger partial charge in [0.25, 0.3) is 0 Å². The van der Waals surface area contributed by atoms with E-state index in [1.807, 2.05) is 0 Å². The molecular formula is C21H20FN3O6S. The van der Waals surface area contributed by atoms with Crippen molar-refractivity contribution in [1.82, 2.24) is 10.1 Å². The number of esters is 1. The number of carbonyl (C=O) groups is 2. The number of anilines is 1. The van der Waals surface area contributed by atoms with Crippen molar-refractivity contribution in [2.24, 2.45) is 0 Å². The Balaban J connectivity index is 1.55. The number of sulfone groups is 1. The third-order valence-electron chi connectivity index (χ3n) is 4.23. The Labute approximate surface area is 183 Å². The second-order valence-electron chi connectivity index (χ2n) is 6.67. The molecule has 0 spiro atoms. The van der Waals surface area contributed by atoms with E-state index in [0.29, 0.717) is 11.3 Å². The minimum absolute atomic E-state index is 0.00399. The van der Waals surface area contributed by atoms with Crippen LogP contribution in [0.5, 0.6) is 0 Å². The van der Waals surface area contributed by atoms with Crippen LogP contribution in [0.4, 0.5) is 10.1 Å². The zero-order valence-electron chi connectivity index (χ0n) is 17.1. The smallest absolute Gasteiger partial charge is 0.338 e. The number of rotatable bonds is 9. The topological polar surface area (TPSA) is 128 Å². The molecule has 1 heterocycles. The summed E-state index contributed by atoms with van der Waals surface area (Å²) in [4.78, 5) is 27.9. The van der Waals surface area contributed by atoms with Gasteiger partial charge < -0.3 is 14.6 Å². The second kappa shape index (κ2) is 10.1. The van der Waals surface area contributed by atoms with Crippen LogP contribution in [-0.2, 0) is 31.5 Å². The first-order valence-electron chi connectivity index (χ1n) is 9.63. The van der Waals surface area contributed by atoms with Crippen LogP contribution in [0.1, 0.15) is 35.4 Å². The lowest BCUT2D eigenvalue weighted by atomic mass is 10.2. The molecule has 32 heavy (non-hydrogen) atoms. The Bertz CT molecular complexity index is 1210. The minimum atomic E-state index is -3.77. The van der Waals surface area contributed by atoms with Crippen molar-refractivity contribution in [3.8, 4) is 0 Å². The molecule has 0 radical (unpaired) electrons. The summed E-state index contributed by atoms with van der Waals surface area (Å²) in [6.45, 7) is 1.94. The number of hydrogen-bond acceptors (Lipinski definition) is 8. The molecule has 0 unspecified atom stereocenters. The highest BCUT2D eigenvalue weighted by molar-refractivity contribution is 7.90. The monoisotopic (exact) mass is 461 g/mol. The van der Waals surface area contributed by atoms with Gasteiger partial charge >= 0.3 is 5.97 Å². The van der Waals surface area contributed by atoms with Crippen molar-refractivity contribution >= 4 is 27.4 Å². The Kier molecular flexibility index (Phi) is 7.31. The largest absolute Gasteiger partial charge is 0.462 e. The van der Waals surface area contributed by atoms with Crippen LogP contribution in [0.3, 0.4) is 0 Å². The van der Waals surface area contributed by atoms with Crippen LogP contribution in [-0.4, -0.2) is 37.0 Å². The highest BCUT2D eigenvalue weighted by Crippen LogP contribution is 2.16. The lowest BCUT2D eigenvalue weighted by Crippen LogP contribution is -2.13. The number of amides is 1. The van der Waals surface area contributed by atoms with E-state index in [4.69, 9.17) is 9.26 Å². The third-order valence-corrected chi connectivity index (χ3v) is 5.85. The van der Waals surface area contributed by atoms with E-state index in [1.165, 1.54) is 6.07 Å². The highest BCUT2D eigenvalue weighted by Gasteiger charge is 2.20. The molecule has 1 amide bonds. The van der Waals surface area contributed by atoms with E-state index in [0.717, 1.165) is 24.3 Å². The normalized spacial score (nSPS) is 11.2. The van der Waals surface area contributed by atoms with Crippen molar-refractivity contribution in [2.75, 3.05) is 11.9 Å². The molecular weight excluding hydrogens is 441 g/mol. The SMILES string of the molecule is CCOC(=O)c1cccc(NC(=O)CCc2nc(CS(=O)(=O)c3ccc(F)cc3)no2)c1. The van der Waals surface area contributed by atoms with Gasteiger partial charge in [0.15, 0.2) is 15.7 Å². The molecule has 0 aliphatic heterocycles. The van der Waals surface area contributed by atoms with Crippen LogP contribution >= 0.6 is 0 Å². The minimum Gasteiger partial charge on any atom is -0.462 e. The fourth-order valence-electron chi connectivity index (χ4n) is 2.73. The first-order chi connectivity index (χ1) is 15.3. The zero-order chi connectivity index (χ0) is 23.1. The second-order valence-corrected chi connectivity index (χ2v) is 8.66. The van der Waals surface area contributed by atoms with E-state index in [1.54, 1.807) is 25.1 Å². The van der Waals surface area contributed by atoms with Crippen LogP contribution in [0.25, 0.3) is 0 Å². The highest BCUT2D eigenvalue weighted by atomic mass is 32.2. The van der Waals surface area contributed by atoms with E-state index >= 15 is 0 Å². The zero-order valence-corrected chi connectivity index (χ0v) is 17.9. The van der Waals surface area contributed by atoms with Crippen molar-refractivity contribution in [2.45, 2.75) is 30.4 Å². The maximum Gasteiger partial charge on any atom is 0.338 e. The molecule has 0 atom stereocenters. The van der Waals surface area contributed by atoms with Gasteiger partial charge in [0.05, 0.1) is 17.1 Å². The molecule has 3 rings (SSSR count). The number of aryl methyl sites for hydroxylation is 1. The molecule has 2 aromatic carbocycles. The van der Waals surface area contributed by atoms with Crippen molar-refractivity contribution in [1.29, 1.82) is 0 Å². The molecule has 11 heteroatoms. The molecule has 1 aromatic heterocycles. The number of benzene rings is 2. The van der Waals surface area contributed by atoms with Gasteiger partial charge in [0.1, 0.15) is 11.6 Å². The fraction of sp³-hybridized carbons (Fsp3) is 0.238. The lowest BCUT2D eigenvalue weighted by Gasteiger charge is -2.06. The summed E-state index contributed by atoms with van der Waals surface area (Å²) < 4.78 is 47.7. The predicted octanol–water partition coefficient (Wildman–Crippen LogP) is 2.93. The van der Waals surface area contributed by atoms with Gasteiger partial charge in [-0.2, -0.15) is 4.98 Å². The molecule has 0 saturated carbocycles. The number of aromatic nitrogens is 2. The molecule has 1 N–H and O–H groups in total. The summed E-state index contributed by atoms with van der Waals surface area (Å²) in [5, 5.41) is 6.29. The van der Waals surface area contributed by atoms with Crippen molar-refractivity contribution in [3.63, 3.8) is 0 Å². The Hall–Kier alpha value is -3.60. The number of carbonyl (C=O) groups excluding carboxylic acids is 2. The molecule has 9 nitrogen and oxygen atoms in total. The quantitative estimate of drug-likeness (QED) is 0.380. The number of hydrogen-bond donors (Lipinski definition) is 1. The summed E-state index contributed by atoms with van der Waals surface area (Å²) in [7, 11) is -3.77.